The molecule has 25 heavy (non-hydrogen) atoms. The predicted octanol–water partition coefficient (Wildman–Crippen LogP) is 5.28. The normalized spacial score (nSPS) is 18.4. The van der Waals surface area contributed by atoms with Gasteiger partial charge in [-0.3, -0.25) is 0 Å². The Morgan fingerprint density at radius 1 is 1.16 bits per heavy atom. The molecule has 4 rings (SSSR count). The van der Waals surface area contributed by atoms with Gasteiger partial charge in [-0.1, -0.05) is 48.5 Å². The Labute approximate surface area is 158 Å². The number of nitrogens with zero attached hydrogens (tertiary/aromatic N) is 2. The number of hydrogen-bond donors (Lipinski definition) is 2. The number of hydrogen-bond acceptors (Lipinski definition) is 3. The first-order valence-electron chi connectivity index (χ1n) is 8.78. The summed E-state index contributed by atoms with van der Waals surface area (Å²) in [5, 5.41) is 8.53. The lowest BCUT2D eigenvalue weighted by atomic mass is 9.79. The molecule has 1 fully saturated rings. The first-order chi connectivity index (χ1) is 12.1. The van der Waals surface area contributed by atoms with Crippen molar-refractivity contribution in [1.29, 1.82) is 0 Å². The zero-order valence-electron chi connectivity index (χ0n) is 14.3. The summed E-state index contributed by atoms with van der Waals surface area (Å²) < 4.78 is 2.12. The lowest BCUT2D eigenvalue weighted by molar-refractivity contribution is 0.394. The van der Waals surface area contributed by atoms with Crippen LogP contribution < -0.4 is 10.6 Å². The molecule has 0 saturated heterocycles. The minimum absolute atomic E-state index is 0.0897. The predicted molar refractivity (Wildman–Crippen MR) is 105 cm³/mol. The summed E-state index contributed by atoms with van der Waals surface area (Å²) >= 11 is 12.2. The molecule has 6 heteroatoms. The molecule has 2 aliphatic rings. The summed E-state index contributed by atoms with van der Waals surface area (Å²) in [6.07, 6.45) is 8.00. The van der Waals surface area contributed by atoms with E-state index in [1.54, 1.807) is 0 Å². The Hall–Kier alpha value is -1.65. The van der Waals surface area contributed by atoms with Gasteiger partial charge in [-0.15, -0.1) is 0 Å². The van der Waals surface area contributed by atoms with Crippen LogP contribution in [-0.4, -0.2) is 15.9 Å². The van der Waals surface area contributed by atoms with E-state index in [0.717, 1.165) is 35.7 Å². The van der Waals surface area contributed by atoms with E-state index in [1.165, 1.54) is 19.3 Å². The maximum Gasteiger partial charge on any atom is 0.132 e. The van der Waals surface area contributed by atoms with Gasteiger partial charge in [-0.25, -0.2) is 4.99 Å². The van der Waals surface area contributed by atoms with Crippen LogP contribution in [0.15, 0.2) is 35.5 Å². The Bertz CT molecular complexity index is 819. The highest BCUT2D eigenvalue weighted by Crippen LogP contribution is 2.40. The molecule has 2 N–H and O–H groups in total. The number of fused-ring (bicyclic) bond motifs is 1. The monoisotopic (exact) mass is 376 g/mol. The van der Waals surface area contributed by atoms with E-state index in [4.69, 9.17) is 28.2 Å². The molecule has 1 aromatic heterocycles. The second-order valence-corrected chi connectivity index (χ2v) is 7.81. The van der Waals surface area contributed by atoms with Gasteiger partial charge in [0.15, 0.2) is 0 Å². The van der Waals surface area contributed by atoms with Crippen molar-refractivity contribution in [2.45, 2.75) is 44.2 Å². The van der Waals surface area contributed by atoms with E-state index in [1.807, 2.05) is 18.2 Å². The molecule has 132 valence electrons. The highest BCUT2D eigenvalue weighted by Gasteiger charge is 2.41. The minimum Gasteiger partial charge on any atom is -0.367 e. The maximum atomic E-state index is 6.14. The number of nitrogens with one attached hydrogen (secondary N) is 2. The van der Waals surface area contributed by atoms with Gasteiger partial charge in [-0.05, 0) is 36.6 Å². The first-order valence-corrected chi connectivity index (χ1v) is 9.53. The quantitative estimate of drug-likeness (QED) is 0.748. The Morgan fingerprint density at radius 2 is 1.96 bits per heavy atom. The average Bonchev–Trinajstić information content (AvgIpc) is 2.96. The van der Waals surface area contributed by atoms with Crippen LogP contribution in [0.1, 0.15) is 37.7 Å². The summed E-state index contributed by atoms with van der Waals surface area (Å²) in [6, 6.07) is 7.81. The van der Waals surface area contributed by atoms with E-state index in [2.05, 4.69) is 34.5 Å². The number of halogens is 2. The fourth-order valence-corrected chi connectivity index (χ4v) is 4.15. The molecule has 0 atom stereocenters. The molecule has 0 radical (unpaired) electrons. The zero-order chi connectivity index (χ0) is 17.4. The summed E-state index contributed by atoms with van der Waals surface area (Å²) in [4.78, 5) is 4.96. The molecule has 1 aromatic carbocycles. The fourth-order valence-electron chi connectivity index (χ4n) is 3.83. The number of aromatic nitrogens is 1. The molecule has 2 heterocycles. The number of benzene rings is 1. The van der Waals surface area contributed by atoms with Crippen molar-refractivity contribution in [1.82, 2.24) is 9.88 Å². The van der Waals surface area contributed by atoms with E-state index in [9.17, 15) is 0 Å². The van der Waals surface area contributed by atoms with Crippen molar-refractivity contribution < 1.29 is 0 Å². The molecule has 1 spiro atoms. The van der Waals surface area contributed by atoms with Gasteiger partial charge in [0.05, 0.1) is 15.6 Å². The molecule has 1 aliphatic heterocycles. The van der Waals surface area contributed by atoms with Crippen molar-refractivity contribution in [3.8, 4) is 0 Å². The van der Waals surface area contributed by atoms with Crippen LogP contribution in [0.4, 0.5) is 11.5 Å². The molecule has 0 unspecified atom stereocenters. The molecular formula is C19H22Cl2N4. The van der Waals surface area contributed by atoms with E-state index < -0.39 is 0 Å². The fraction of sp³-hybridized carbons (Fsp3) is 0.421. The van der Waals surface area contributed by atoms with Gasteiger partial charge < -0.3 is 15.2 Å². The van der Waals surface area contributed by atoms with Gasteiger partial charge in [0, 0.05) is 19.8 Å². The van der Waals surface area contributed by atoms with Crippen LogP contribution in [0.5, 0.6) is 0 Å². The van der Waals surface area contributed by atoms with Gasteiger partial charge in [0.25, 0.3) is 0 Å². The topological polar surface area (TPSA) is 41.4 Å². The third kappa shape index (κ3) is 3.13. The Kier molecular flexibility index (Phi) is 4.42. The summed E-state index contributed by atoms with van der Waals surface area (Å²) in [6.45, 7) is 0.682. The van der Waals surface area contributed by atoms with E-state index in [0.29, 0.717) is 16.6 Å². The number of aryl methyl sites for hydroxylation is 1. The van der Waals surface area contributed by atoms with Crippen molar-refractivity contribution in [3.63, 3.8) is 0 Å². The van der Waals surface area contributed by atoms with Crippen molar-refractivity contribution in [3.05, 3.63) is 46.1 Å². The minimum atomic E-state index is -0.0897. The van der Waals surface area contributed by atoms with Gasteiger partial charge in [0.2, 0.25) is 0 Å². The second-order valence-electron chi connectivity index (χ2n) is 6.99. The second kappa shape index (κ2) is 6.58. The first kappa shape index (κ1) is 16.8. The number of anilines is 1. The maximum absolute atomic E-state index is 6.14. The van der Waals surface area contributed by atoms with Crippen molar-refractivity contribution >= 4 is 40.5 Å². The molecule has 0 bridgehead atoms. The lowest BCUT2D eigenvalue weighted by Crippen LogP contribution is -2.55. The third-order valence-corrected chi connectivity index (χ3v) is 5.98. The SMILES string of the molecule is Cn1ccc2c1NC1(CCCCC1)C(NCc1ccc(Cl)c(Cl)c1)=N2. The number of amidine groups is 1. The van der Waals surface area contributed by atoms with Crippen LogP contribution >= 0.6 is 23.2 Å². The highest BCUT2D eigenvalue weighted by molar-refractivity contribution is 6.42. The summed E-state index contributed by atoms with van der Waals surface area (Å²) in [5.41, 5.74) is 2.00. The summed E-state index contributed by atoms with van der Waals surface area (Å²) in [7, 11) is 2.06. The van der Waals surface area contributed by atoms with Gasteiger partial charge in [-0.2, -0.15) is 0 Å². The van der Waals surface area contributed by atoms with Crippen molar-refractivity contribution in [2.24, 2.45) is 12.0 Å². The van der Waals surface area contributed by atoms with Crippen LogP contribution in [0.25, 0.3) is 0 Å². The Balaban J connectivity index is 1.62. The largest absolute Gasteiger partial charge is 0.367 e. The summed E-state index contributed by atoms with van der Waals surface area (Å²) in [5.74, 6) is 2.15. The molecule has 2 aromatic rings. The zero-order valence-corrected chi connectivity index (χ0v) is 15.8. The van der Waals surface area contributed by atoms with Gasteiger partial charge >= 0.3 is 0 Å². The highest BCUT2D eigenvalue weighted by atomic mass is 35.5. The standard InChI is InChI=1S/C19H22Cl2N4/c1-25-10-7-16-17(25)24-19(8-3-2-4-9-19)18(23-16)22-12-13-5-6-14(20)15(21)11-13/h5-7,10-11,24H,2-4,8-9,12H2,1H3,(H,22,23). The lowest BCUT2D eigenvalue weighted by Gasteiger charge is -2.42. The van der Waals surface area contributed by atoms with Crippen LogP contribution in [-0.2, 0) is 13.6 Å². The van der Waals surface area contributed by atoms with Gasteiger partial charge in [0.1, 0.15) is 17.3 Å². The van der Waals surface area contributed by atoms with E-state index in [-0.39, 0.29) is 5.54 Å². The average molecular weight is 377 g/mol. The molecule has 1 saturated carbocycles. The van der Waals surface area contributed by atoms with E-state index >= 15 is 0 Å². The number of aliphatic imine (C=N–C) groups is 1. The third-order valence-electron chi connectivity index (χ3n) is 5.25. The van der Waals surface area contributed by atoms with Crippen LogP contribution in [0.3, 0.4) is 0 Å². The molecule has 1 aliphatic carbocycles. The van der Waals surface area contributed by atoms with Crippen molar-refractivity contribution in [2.75, 3.05) is 5.32 Å². The smallest absolute Gasteiger partial charge is 0.132 e. The Morgan fingerprint density at radius 3 is 2.72 bits per heavy atom. The molecule has 4 nitrogen and oxygen atoms in total. The molecular weight excluding hydrogens is 355 g/mol. The number of rotatable bonds is 2. The molecule has 0 amide bonds. The van der Waals surface area contributed by atoms with Crippen LogP contribution in [0, 0.1) is 0 Å². The van der Waals surface area contributed by atoms with Crippen LogP contribution in [0.2, 0.25) is 10.0 Å².